The maximum Gasteiger partial charge on any atom is 0.164 e. The highest BCUT2D eigenvalue weighted by atomic mass is 19.2. The molecule has 4 heteroatoms. The van der Waals surface area contributed by atoms with Gasteiger partial charge in [-0.1, -0.05) is 44.5 Å². The van der Waals surface area contributed by atoms with E-state index in [1.807, 2.05) is 12.1 Å². The third-order valence-corrected chi connectivity index (χ3v) is 5.82. The van der Waals surface area contributed by atoms with Gasteiger partial charge in [-0.2, -0.15) is 0 Å². The van der Waals surface area contributed by atoms with Crippen molar-refractivity contribution in [2.45, 2.75) is 77.4 Å². The lowest BCUT2D eigenvalue weighted by Gasteiger charge is -2.29. The molecule has 0 unspecified atom stereocenters. The molecule has 1 nitrogen and oxygen atoms in total. The summed E-state index contributed by atoms with van der Waals surface area (Å²) in [6, 6.07) is 8.86. The zero-order valence-corrected chi connectivity index (χ0v) is 16.7. The minimum Gasteiger partial charge on any atom is -0.373 e. The van der Waals surface area contributed by atoms with Crippen LogP contribution in [0, 0.1) is 17.5 Å². The first kappa shape index (κ1) is 20.9. The average Bonchev–Trinajstić information content (AvgIpc) is 2.70. The Kier molecular flexibility index (Phi) is 7.17. The Hall–Kier alpha value is -1.81. The summed E-state index contributed by atoms with van der Waals surface area (Å²) in [7, 11) is 0. The first-order valence-corrected chi connectivity index (χ1v) is 10.4. The highest BCUT2D eigenvalue weighted by Crippen LogP contribution is 2.36. The van der Waals surface area contributed by atoms with E-state index in [-0.39, 0.29) is 30.0 Å². The Balaban J connectivity index is 1.54. The van der Waals surface area contributed by atoms with E-state index in [4.69, 9.17) is 4.74 Å². The summed E-state index contributed by atoms with van der Waals surface area (Å²) in [5.41, 5.74) is 2.48. The van der Waals surface area contributed by atoms with E-state index in [9.17, 15) is 13.2 Å². The van der Waals surface area contributed by atoms with Gasteiger partial charge in [0.05, 0.1) is 12.7 Å². The first-order chi connectivity index (χ1) is 13.5. The number of halogens is 3. The van der Waals surface area contributed by atoms with Gasteiger partial charge in [0, 0.05) is 5.56 Å². The number of rotatable bonds is 7. The monoisotopic (exact) mass is 390 g/mol. The molecule has 28 heavy (non-hydrogen) atoms. The molecule has 3 rings (SSSR count). The molecule has 0 saturated heterocycles. The molecule has 0 N–H and O–H groups in total. The number of hydrogen-bond donors (Lipinski definition) is 0. The van der Waals surface area contributed by atoms with Crippen LogP contribution in [0.25, 0.3) is 0 Å². The Bertz CT molecular complexity index is 795. The summed E-state index contributed by atoms with van der Waals surface area (Å²) < 4.78 is 48.3. The number of benzene rings is 2. The van der Waals surface area contributed by atoms with Gasteiger partial charge in [-0.25, -0.2) is 13.2 Å². The molecule has 0 atom stereocenters. The third-order valence-electron chi connectivity index (χ3n) is 5.82. The van der Waals surface area contributed by atoms with E-state index < -0.39 is 11.6 Å². The summed E-state index contributed by atoms with van der Waals surface area (Å²) in [6.45, 7) is 3.96. The fraction of sp³-hybridized carbons (Fsp3) is 0.500. The van der Waals surface area contributed by atoms with Crippen molar-refractivity contribution in [3.8, 4) is 0 Å². The summed E-state index contributed by atoms with van der Waals surface area (Å²) >= 11 is 0. The second kappa shape index (κ2) is 9.60. The molecule has 152 valence electrons. The predicted molar refractivity (Wildman–Crippen MR) is 106 cm³/mol. The van der Waals surface area contributed by atoms with Gasteiger partial charge in [-0.05, 0) is 67.2 Å². The smallest absolute Gasteiger partial charge is 0.164 e. The molecule has 1 fully saturated rings. The molecule has 0 aromatic heterocycles. The average molecular weight is 390 g/mol. The molecular weight excluding hydrogens is 361 g/mol. The lowest BCUT2D eigenvalue weighted by atomic mass is 9.82. The van der Waals surface area contributed by atoms with Gasteiger partial charge in [0.2, 0.25) is 0 Å². The van der Waals surface area contributed by atoms with Gasteiger partial charge >= 0.3 is 0 Å². The lowest BCUT2D eigenvalue weighted by molar-refractivity contribution is 0.0116. The molecule has 0 spiro atoms. The maximum absolute atomic E-state index is 14.5. The van der Waals surface area contributed by atoms with Gasteiger partial charge in [-0.15, -0.1) is 0 Å². The van der Waals surface area contributed by atoms with Crippen molar-refractivity contribution in [2.24, 2.45) is 0 Å². The molecule has 2 aromatic carbocycles. The quantitative estimate of drug-likeness (QED) is 0.502. The van der Waals surface area contributed by atoms with Crippen LogP contribution in [0.3, 0.4) is 0 Å². The van der Waals surface area contributed by atoms with E-state index in [0.29, 0.717) is 12.0 Å². The Morgan fingerprint density at radius 1 is 0.893 bits per heavy atom. The van der Waals surface area contributed by atoms with Crippen molar-refractivity contribution in [2.75, 3.05) is 0 Å². The molecule has 1 aliphatic rings. The fourth-order valence-corrected chi connectivity index (χ4v) is 4.11. The van der Waals surface area contributed by atoms with Crippen LogP contribution in [0.1, 0.15) is 74.1 Å². The number of aryl methyl sites for hydroxylation is 2. The summed E-state index contributed by atoms with van der Waals surface area (Å²) in [4.78, 5) is 0. The maximum atomic E-state index is 14.5. The molecule has 1 saturated carbocycles. The molecule has 2 aromatic rings. The largest absolute Gasteiger partial charge is 0.373 e. The van der Waals surface area contributed by atoms with Crippen LogP contribution in [0.4, 0.5) is 13.2 Å². The fourth-order valence-electron chi connectivity index (χ4n) is 4.11. The summed E-state index contributed by atoms with van der Waals surface area (Å²) in [5.74, 6) is -1.48. The lowest BCUT2D eigenvalue weighted by Crippen LogP contribution is -2.21. The van der Waals surface area contributed by atoms with Gasteiger partial charge in [0.1, 0.15) is 5.82 Å². The van der Waals surface area contributed by atoms with E-state index in [0.717, 1.165) is 49.7 Å². The normalized spacial score (nSPS) is 19.8. The topological polar surface area (TPSA) is 9.23 Å². The van der Waals surface area contributed by atoms with Gasteiger partial charge in [0.25, 0.3) is 0 Å². The van der Waals surface area contributed by atoms with Crippen molar-refractivity contribution in [3.05, 3.63) is 70.0 Å². The molecule has 0 heterocycles. The van der Waals surface area contributed by atoms with E-state index in [1.54, 1.807) is 25.1 Å². The Morgan fingerprint density at radius 2 is 1.57 bits per heavy atom. The van der Waals surface area contributed by atoms with E-state index >= 15 is 0 Å². The van der Waals surface area contributed by atoms with E-state index in [2.05, 4.69) is 6.92 Å². The molecule has 0 amide bonds. The van der Waals surface area contributed by atoms with Crippen LogP contribution in [0.5, 0.6) is 0 Å². The predicted octanol–water partition coefficient (Wildman–Crippen LogP) is 6.86. The Labute approximate surface area is 165 Å². The standard InChI is InChI=1S/C24H29F3O/c1-3-5-16-6-13-21(22(25)14-16)18-9-11-20(12-10-18)28-15-19-8-7-17(4-2)23(26)24(19)27/h6-8,13-14,18,20H,3-5,9-12,15H2,1-2H3. The molecule has 0 radical (unpaired) electrons. The second-order valence-corrected chi connectivity index (χ2v) is 7.76. The van der Waals surface area contributed by atoms with Crippen molar-refractivity contribution < 1.29 is 17.9 Å². The van der Waals surface area contributed by atoms with Crippen molar-refractivity contribution in [1.29, 1.82) is 0 Å². The number of hydrogen-bond acceptors (Lipinski definition) is 1. The SMILES string of the molecule is CCCc1ccc(C2CCC(OCc3ccc(CC)c(F)c3F)CC2)c(F)c1. The molecule has 0 bridgehead atoms. The molecular formula is C24H29F3O. The van der Waals surface area contributed by atoms with Crippen molar-refractivity contribution in [3.63, 3.8) is 0 Å². The second-order valence-electron chi connectivity index (χ2n) is 7.76. The van der Waals surface area contributed by atoms with Gasteiger partial charge < -0.3 is 4.74 Å². The summed E-state index contributed by atoms with van der Waals surface area (Å²) in [5, 5.41) is 0. The highest BCUT2D eigenvalue weighted by molar-refractivity contribution is 5.28. The third kappa shape index (κ3) is 4.78. The minimum atomic E-state index is -0.803. The summed E-state index contributed by atoms with van der Waals surface area (Å²) in [6.07, 6.45) is 5.67. The van der Waals surface area contributed by atoms with Gasteiger partial charge in [-0.3, -0.25) is 0 Å². The highest BCUT2D eigenvalue weighted by Gasteiger charge is 2.25. The Morgan fingerprint density at radius 3 is 2.21 bits per heavy atom. The van der Waals surface area contributed by atoms with Crippen LogP contribution < -0.4 is 0 Å². The van der Waals surface area contributed by atoms with Crippen LogP contribution in [-0.2, 0) is 24.2 Å². The minimum absolute atomic E-state index is 0.00647. The van der Waals surface area contributed by atoms with Crippen molar-refractivity contribution >= 4 is 0 Å². The van der Waals surface area contributed by atoms with Crippen LogP contribution in [-0.4, -0.2) is 6.10 Å². The van der Waals surface area contributed by atoms with Crippen LogP contribution in [0.15, 0.2) is 30.3 Å². The number of ether oxygens (including phenoxy) is 1. The zero-order chi connectivity index (χ0) is 20.1. The van der Waals surface area contributed by atoms with Crippen LogP contribution in [0.2, 0.25) is 0 Å². The molecule has 0 aliphatic heterocycles. The van der Waals surface area contributed by atoms with Crippen molar-refractivity contribution in [1.82, 2.24) is 0 Å². The van der Waals surface area contributed by atoms with E-state index in [1.165, 1.54) is 0 Å². The van der Waals surface area contributed by atoms with Crippen LogP contribution >= 0.6 is 0 Å². The first-order valence-electron chi connectivity index (χ1n) is 10.4. The molecule has 1 aliphatic carbocycles. The van der Waals surface area contributed by atoms with Gasteiger partial charge in [0.15, 0.2) is 11.6 Å². The zero-order valence-electron chi connectivity index (χ0n) is 16.7.